The van der Waals surface area contributed by atoms with Crippen molar-refractivity contribution >= 4 is 5.97 Å². The van der Waals surface area contributed by atoms with E-state index >= 15 is 0 Å². The van der Waals surface area contributed by atoms with Crippen LogP contribution < -0.4 is 0 Å². The number of hydrogen-bond donors (Lipinski definition) is 1. The van der Waals surface area contributed by atoms with E-state index in [0.717, 1.165) is 0 Å². The molecule has 0 radical (unpaired) electrons. The molecule has 0 saturated carbocycles. The SMILES string of the molecule is CCOCCOCCOCCC(=O)O. The molecule has 0 aromatic rings. The van der Waals surface area contributed by atoms with Crippen molar-refractivity contribution in [3.8, 4) is 0 Å². The van der Waals surface area contributed by atoms with Gasteiger partial charge in [0, 0.05) is 6.61 Å². The third-order valence-electron chi connectivity index (χ3n) is 1.41. The van der Waals surface area contributed by atoms with E-state index in [1.54, 1.807) is 0 Å². The second-order valence-electron chi connectivity index (χ2n) is 2.57. The van der Waals surface area contributed by atoms with Crippen molar-refractivity contribution in [1.29, 1.82) is 0 Å². The van der Waals surface area contributed by atoms with Crippen molar-refractivity contribution in [3.05, 3.63) is 0 Å². The number of hydrogen-bond acceptors (Lipinski definition) is 4. The molecule has 5 heteroatoms. The highest BCUT2D eigenvalue weighted by Gasteiger charge is 1.95. The van der Waals surface area contributed by atoms with Crippen molar-refractivity contribution in [1.82, 2.24) is 0 Å². The molecule has 0 aromatic heterocycles. The lowest BCUT2D eigenvalue weighted by atomic mass is 10.5. The van der Waals surface area contributed by atoms with Crippen LogP contribution in [-0.2, 0) is 19.0 Å². The standard InChI is InChI=1S/C9H18O5/c1-2-12-5-6-14-8-7-13-4-3-9(10)11/h2-8H2,1H3,(H,10,11). The molecular weight excluding hydrogens is 188 g/mol. The van der Waals surface area contributed by atoms with Gasteiger partial charge >= 0.3 is 5.97 Å². The molecule has 0 aliphatic carbocycles. The summed E-state index contributed by atoms with van der Waals surface area (Å²) in [6, 6.07) is 0. The Kier molecular flexibility index (Phi) is 9.95. The lowest BCUT2D eigenvalue weighted by molar-refractivity contribution is -0.138. The van der Waals surface area contributed by atoms with Gasteiger partial charge in [0.15, 0.2) is 0 Å². The first kappa shape index (κ1) is 13.4. The second-order valence-corrected chi connectivity index (χ2v) is 2.57. The minimum Gasteiger partial charge on any atom is -0.481 e. The van der Waals surface area contributed by atoms with Gasteiger partial charge in [0.1, 0.15) is 0 Å². The van der Waals surface area contributed by atoms with E-state index in [9.17, 15) is 4.79 Å². The van der Waals surface area contributed by atoms with Gasteiger partial charge in [-0.05, 0) is 6.92 Å². The topological polar surface area (TPSA) is 65.0 Å². The van der Waals surface area contributed by atoms with E-state index in [1.165, 1.54) is 0 Å². The number of rotatable bonds is 10. The monoisotopic (exact) mass is 206 g/mol. The fourth-order valence-corrected chi connectivity index (χ4v) is 0.744. The fourth-order valence-electron chi connectivity index (χ4n) is 0.744. The molecule has 0 saturated heterocycles. The average molecular weight is 206 g/mol. The van der Waals surface area contributed by atoms with E-state index < -0.39 is 5.97 Å². The van der Waals surface area contributed by atoms with Crippen LogP contribution in [0.25, 0.3) is 0 Å². The molecule has 0 aromatic carbocycles. The predicted molar refractivity (Wildman–Crippen MR) is 50.4 cm³/mol. The van der Waals surface area contributed by atoms with Crippen LogP contribution in [0.3, 0.4) is 0 Å². The highest BCUT2D eigenvalue weighted by Crippen LogP contribution is 1.84. The van der Waals surface area contributed by atoms with Crippen molar-refractivity contribution in [2.24, 2.45) is 0 Å². The Morgan fingerprint density at radius 3 is 2.00 bits per heavy atom. The van der Waals surface area contributed by atoms with Gasteiger partial charge in [0.25, 0.3) is 0 Å². The number of ether oxygens (including phenoxy) is 3. The van der Waals surface area contributed by atoms with Gasteiger partial charge in [0.2, 0.25) is 0 Å². The van der Waals surface area contributed by atoms with E-state index in [2.05, 4.69) is 0 Å². The highest BCUT2D eigenvalue weighted by molar-refractivity contribution is 5.66. The summed E-state index contributed by atoms with van der Waals surface area (Å²) in [4.78, 5) is 10.1. The Balaban J connectivity index is 2.88. The van der Waals surface area contributed by atoms with Crippen LogP contribution in [0.1, 0.15) is 13.3 Å². The first-order valence-corrected chi connectivity index (χ1v) is 4.72. The summed E-state index contributed by atoms with van der Waals surface area (Å²) in [5.41, 5.74) is 0. The van der Waals surface area contributed by atoms with E-state index in [4.69, 9.17) is 19.3 Å². The quantitative estimate of drug-likeness (QED) is 0.528. The zero-order valence-corrected chi connectivity index (χ0v) is 8.53. The number of carboxylic acids is 1. The summed E-state index contributed by atoms with van der Waals surface area (Å²) in [6.07, 6.45) is 0.0406. The summed E-state index contributed by atoms with van der Waals surface area (Å²) in [5.74, 6) is -0.845. The van der Waals surface area contributed by atoms with Crippen LogP contribution in [0.15, 0.2) is 0 Å². The first-order chi connectivity index (χ1) is 6.77. The largest absolute Gasteiger partial charge is 0.481 e. The van der Waals surface area contributed by atoms with Gasteiger partial charge in [-0.1, -0.05) is 0 Å². The summed E-state index contributed by atoms with van der Waals surface area (Å²) < 4.78 is 15.2. The van der Waals surface area contributed by atoms with Crippen molar-refractivity contribution in [3.63, 3.8) is 0 Å². The predicted octanol–water partition coefficient (Wildman–Crippen LogP) is 0.531. The minimum atomic E-state index is -0.845. The lowest BCUT2D eigenvalue weighted by Gasteiger charge is -2.04. The highest BCUT2D eigenvalue weighted by atomic mass is 16.5. The zero-order chi connectivity index (χ0) is 10.6. The number of carboxylic acid groups (broad SMARTS) is 1. The van der Waals surface area contributed by atoms with E-state index in [-0.39, 0.29) is 13.0 Å². The van der Waals surface area contributed by atoms with Gasteiger partial charge in [-0.25, -0.2) is 0 Å². The fraction of sp³-hybridized carbons (Fsp3) is 0.889. The first-order valence-electron chi connectivity index (χ1n) is 4.72. The maximum atomic E-state index is 10.1. The molecule has 0 atom stereocenters. The van der Waals surface area contributed by atoms with Crippen LogP contribution in [0.5, 0.6) is 0 Å². The smallest absolute Gasteiger partial charge is 0.305 e. The Labute approximate surface area is 84.0 Å². The van der Waals surface area contributed by atoms with Crippen LogP contribution in [0.4, 0.5) is 0 Å². The van der Waals surface area contributed by atoms with Crippen LogP contribution in [0, 0.1) is 0 Å². The van der Waals surface area contributed by atoms with E-state index in [1.807, 2.05) is 6.92 Å². The molecule has 0 amide bonds. The molecular formula is C9H18O5. The maximum absolute atomic E-state index is 10.1. The normalized spacial score (nSPS) is 10.4. The molecule has 0 unspecified atom stereocenters. The molecule has 0 rings (SSSR count). The van der Waals surface area contributed by atoms with Crippen molar-refractivity contribution in [2.75, 3.05) is 39.6 Å². The van der Waals surface area contributed by atoms with Gasteiger partial charge in [-0.15, -0.1) is 0 Å². The van der Waals surface area contributed by atoms with Gasteiger partial charge in [-0.2, -0.15) is 0 Å². The Hall–Kier alpha value is -0.650. The lowest BCUT2D eigenvalue weighted by Crippen LogP contribution is -2.10. The Morgan fingerprint density at radius 2 is 1.50 bits per heavy atom. The molecule has 14 heavy (non-hydrogen) atoms. The third kappa shape index (κ3) is 11.4. The molecule has 84 valence electrons. The molecule has 1 N–H and O–H groups in total. The molecule has 0 fully saturated rings. The van der Waals surface area contributed by atoms with Crippen LogP contribution in [0.2, 0.25) is 0 Å². The molecule has 5 nitrogen and oxygen atoms in total. The molecule has 0 aliphatic heterocycles. The maximum Gasteiger partial charge on any atom is 0.305 e. The number of carbonyl (C=O) groups is 1. The molecule has 0 bridgehead atoms. The van der Waals surface area contributed by atoms with Crippen LogP contribution >= 0.6 is 0 Å². The summed E-state index contributed by atoms with van der Waals surface area (Å²) in [5, 5.41) is 8.29. The third-order valence-corrected chi connectivity index (χ3v) is 1.41. The summed E-state index contributed by atoms with van der Waals surface area (Å²) >= 11 is 0. The van der Waals surface area contributed by atoms with Gasteiger partial charge in [0.05, 0.1) is 39.5 Å². The van der Waals surface area contributed by atoms with Crippen molar-refractivity contribution in [2.45, 2.75) is 13.3 Å². The molecule has 0 spiro atoms. The Morgan fingerprint density at radius 1 is 1.00 bits per heavy atom. The summed E-state index contributed by atoms with van der Waals surface area (Å²) in [7, 11) is 0. The van der Waals surface area contributed by atoms with Gasteiger partial charge < -0.3 is 19.3 Å². The summed E-state index contributed by atoms with van der Waals surface area (Å²) in [6.45, 7) is 4.91. The Bertz CT molecular complexity index is 137. The number of aliphatic carboxylic acids is 1. The van der Waals surface area contributed by atoms with Crippen LogP contribution in [-0.4, -0.2) is 50.7 Å². The van der Waals surface area contributed by atoms with Crippen molar-refractivity contribution < 1.29 is 24.1 Å². The molecule has 0 heterocycles. The molecule has 0 aliphatic rings. The zero-order valence-electron chi connectivity index (χ0n) is 8.53. The minimum absolute atomic E-state index is 0.0406. The second kappa shape index (κ2) is 10.4. The van der Waals surface area contributed by atoms with Gasteiger partial charge in [-0.3, -0.25) is 4.79 Å². The average Bonchev–Trinajstić information content (AvgIpc) is 2.15. The van der Waals surface area contributed by atoms with E-state index in [0.29, 0.717) is 33.0 Å².